The van der Waals surface area contributed by atoms with Gasteiger partial charge in [0.1, 0.15) is 16.8 Å². The molecule has 0 aromatic heterocycles. The molecule has 0 saturated heterocycles. The minimum Gasteiger partial charge on any atom is -0.354 e. The number of carbonyl (C=O) groups is 1. The van der Waals surface area contributed by atoms with Crippen molar-refractivity contribution >= 4 is 15.9 Å². The number of carbonyl (C=O) groups excluding carboxylic acids is 1. The van der Waals surface area contributed by atoms with Crippen molar-refractivity contribution in [2.75, 3.05) is 6.54 Å². The van der Waals surface area contributed by atoms with Crippen molar-refractivity contribution in [1.82, 2.24) is 9.62 Å². The second-order valence-corrected chi connectivity index (χ2v) is 9.89. The molecule has 7 heteroatoms. The molecule has 0 aliphatic carbocycles. The van der Waals surface area contributed by atoms with Crippen LogP contribution in [0.3, 0.4) is 0 Å². The molecule has 1 N–H and O–H groups in total. The van der Waals surface area contributed by atoms with Gasteiger partial charge in [0.2, 0.25) is 15.9 Å². The topological polar surface area (TPSA) is 66.5 Å². The van der Waals surface area contributed by atoms with E-state index in [1.165, 1.54) is 18.2 Å². The summed E-state index contributed by atoms with van der Waals surface area (Å²) in [5, 5.41) is 2.91. The highest BCUT2D eigenvalue weighted by Gasteiger charge is 2.40. The van der Waals surface area contributed by atoms with Crippen molar-refractivity contribution in [3.63, 3.8) is 0 Å². The van der Waals surface area contributed by atoms with E-state index in [1.54, 1.807) is 0 Å². The smallest absolute Gasteiger partial charge is 0.247 e. The molecule has 0 unspecified atom stereocenters. The highest BCUT2D eigenvalue weighted by atomic mass is 32.2. The summed E-state index contributed by atoms with van der Waals surface area (Å²) in [4.78, 5) is 12.8. The van der Waals surface area contributed by atoms with E-state index >= 15 is 0 Å². The van der Waals surface area contributed by atoms with Crippen LogP contribution in [0.25, 0.3) is 0 Å². The summed E-state index contributed by atoms with van der Waals surface area (Å²) >= 11 is 0. The first kappa shape index (κ1) is 22.2. The lowest BCUT2D eigenvalue weighted by atomic mass is 9.95. The standard InChI is InChI=1S/C25H25FN2O3S/c1-18(19-9-3-2-4-10-19)16-27-25(29)23-15-20-11-5-6-12-21(20)17-28(23)32(30,31)24-14-8-7-13-22(24)26/h2-14,18,23H,15-17H2,1H3,(H,27,29)/t18-,23+/m1/s1. The van der Waals surface area contributed by atoms with E-state index in [0.29, 0.717) is 6.54 Å². The molecule has 0 spiro atoms. The number of halogens is 1. The molecular formula is C25H25FN2O3S. The molecule has 0 bridgehead atoms. The fraction of sp³-hybridized carbons (Fsp3) is 0.240. The Morgan fingerprint density at radius 3 is 2.34 bits per heavy atom. The zero-order chi connectivity index (χ0) is 22.7. The number of nitrogens with one attached hydrogen (secondary N) is 1. The van der Waals surface area contributed by atoms with Crippen LogP contribution < -0.4 is 5.32 Å². The lowest BCUT2D eigenvalue weighted by molar-refractivity contribution is -0.125. The number of fused-ring (bicyclic) bond motifs is 1. The van der Waals surface area contributed by atoms with E-state index in [1.807, 2.05) is 61.5 Å². The van der Waals surface area contributed by atoms with Gasteiger partial charge in [0.25, 0.3) is 0 Å². The quantitative estimate of drug-likeness (QED) is 0.618. The van der Waals surface area contributed by atoms with E-state index < -0.39 is 26.8 Å². The van der Waals surface area contributed by atoms with Crippen LogP contribution in [0.4, 0.5) is 4.39 Å². The van der Waals surface area contributed by atoms with Gasteiger partial charge >= 0.3 is 0 Å². The summed E-state index contributed by atoms with van der Waals surface area (Å²) in [6, 6.07) is 21.5. The Balaban J connectivity index is 1.62. The summed E-state index contributed by atoms with van der Waals surface area (Å²) < 4.78 is 42.3. The van der Waals surface area contributed by atoms with Crippen LogP contribution in [0.1, 0.15) is 29.5 Å². The SMILES string of the molecule is C[C@H](CNC(=O)[C@@H]1Cc2ccccc2CN1S(=O)(=O)c1ccccc1F)c1ccccc1. The second-order valence-electron chi connectivity index (χ2n) is 8.03. The van der Waals surface area contributed by atoms with E-state index in [-0.39, 0.29) is 24.8 Å². The van der Waals surface area contributed by atoms with Crippen LogP contribution >= 0.6 is 0 Å². The van der Waals surface area contributed by atoms with Crippen molar-refractivity contribution < 1.29 is 17.6 Å². The first-order valence-electron chi connectivity index (χ1n) is 10.5. The fourth-order valence-corrected chi connectivity index (χ4v) is 5.66. The van der Waals surface area contributed by atoms with Gasteiger partial charge in [-0.2, -0.15) is 4.31 Å². The Hall–Kier alpha value is -3.03. The first-order valence-corrected chi connectivity index (χ1v) is 12.0. The van der Waals surface area contributed by atoms with Crippen LogP contribution in [0.5, 0.6) is 0 Å². The number of amides is 1. The van der Waals surface area contributed by atoms with Crippen LogP contribution in [0.2, 0.25) is 0 Å². The van der Waals surface area contributed by atoms with Crippen molar-refractivity contribution in [3.8, 4) is 0 Å². The molecule has 4 rings (SSSR count). The predicted octanol–water partition coefficient (Wildman–Crippen LogP) is 3.86. The maximum absolute atomic E-state index is 14.4. The third kappa shape index (κ3) is 4.45. The van der Waals surface area contributed by atoms with Crippen molar-refractivity contribution in [2.24, 2.45) is 0 Å². The second kappa shape index (κ2) is 9.22. The van der Waals surface area contributed by atoms with E-state index in [0.717, 1.165) is 27.1 Å². The average molecular weight is 453 g/mol. The lowest BCUT2D eigenvalue weighted by Gasteiger charge is -2.35. The highest BCUT2D eigenvalue weighted by molar-refractivity contribution is 7.89. The monoisotopic (exact) mass is 452 g/mol. The maximum atomic E-state index is 14.4. The Morgan fingerprint density at radius 1 is 1.00 bits per heavy atom. The van der Waals surface area contributed by atoms with Gasteiger partial charge < -0.3 is 5.32 Å². The van der Waals surface area contributed by atoms with E-state index in [4.69, 9.17) is 0 Å². The average Bonchev–Trinajstić information content (AvgIpc) is 2.82. The summed E-state index contributed by atoms with van der Waals surface area (Å²) in [6.07, 6.45) is 0.232. The lowest BCUT2D eigenvalue weighted by Crippen LogP contribution is -2.53. The summed E-state index contributed by atoms with van der Waals surface area (Å²) in [6.45, 7) is 2.38. The molecule has 0 saturated carbocycles. The maximum Gasteiger partial charge on any atom is 0.247 e. The summed E-state index contributed by atoms with van der Waals surface area (Å²) in [5.41, 5.74) is 2.82. The number of sulfonamides is 1. The third-order valence-electron chi connectivity index (χ3n) is 5.88. The minimum absolute atomic E-state index is 0.0131. The van der Waals surface area contributed by atoms with Gasteiger partial charge in [0.15, 0.2) is 0 Å². The van der Waals surface area contributed by atoms with Gasteiger partial charge in [0.05, 0.1) is 0 Å². The summed E-state index contributed by atoms with van der Waals surface area (Å²) in [7, 11) is -4.22. The molecule has 32 heavy (non-hydrogen) atoms. The molecule has 3 aromatic carbocycles. The van der Waals surface area contributed by atoms with E-state index in [2.05, 4.69) is 5.32 Å². The molecule has 1 aliphatic heterocycles. The third-order valence-corrected chi connectivity index (χ3v) is 7.77. The Kier molecular flexibility index (Phi) is 6.39. The molecule has 3 aromatic rings. The largest absolute Gasteiger partial charge is 0.354 e. The first-order chi connectivity index (χ1) is 15.4. The molecule has 5 nitrogen and oxygen atoms in total. The van der Waals surface area contributed by atoms with Crippen LogP contribution in [-0.4, -0.2) is 31.2 Å². The van der Waals surface area contributed by atoms with Crippen LogP contribution in [-0.2, 0) is 27.8 Å². The van der Waals surface area contributed by atoms with Crippen LogP contribution in [0.15, 0.2) is 83.8 Å². The van der Waals surface area contributed by atoms with Crippen molar-refractivity contribution in [2.45, 2.75) is 36.7 Å². The molecule has 1 aliphatic rings. The number of hydrogen-bond donors (Lipinski definition) is 1. The minimum atomic E-state index is -4.22. The van der Waals surface area contributed by atoms with Gasteiger partial charge in [-0.25, -0.2) is 12.8 Å². The fourth-order valence-electron chi connectivity index (χ4n) is 4.03. The molecule has 2 atom stereocenters. The van der Waals surface area contributed by atoms with E-state index in [9.17, 15) is 17.6 Å². The molecule has 0 fully saturated rings. The van der Waals surface area contributed by atoms with Gasteiger partial charge in [-0.05, 0) is 41.2 Å². The molecule has 1 heterocycles. The highest BCUT2D eigenvalue weighted by Crippen LogP contribution is 2.30. The number of rotatable bonds is 6. The van der Waals surface area contributed by atoms with Gasteiger partial charge in [-0.15, -0.1) is 0 Å². The van der Waals surface area contributed by atoms with Gasteiger partial charge in [-0.1, -0.05) is 73.7 Å². The number of nitrogens with zero attached hydrogens (tertiary/aromatic N) is 1. The summed E-state index contributed by atoms with van der Waals surface area (Å²) in [5.74, 6) is -1.15. The van der Waals surface area contributed by atoms with Gasteiger partial charge in [-0.3, -0.25) is 4.79 Å². The zero-order valence-corrected chi connectivity index (χ0v) is 18.6. The Bertz CT molecular complexity index is 1210. The zero-order valence-electron chi connectivity index (χ0n) is 17.7. The molecular weight excluding hydrogens is 427 g/mol. The van der Waals surface area contributed by atoms with Crippen molar-refractivity contribution in [1.29, 1.82) is 0 Å². The Morgan fingerprint density at radius 2 is 1.62 bits per heavy atom. The molecule has 1 amide bonds. The number of benzene rings is 3. The normalized spacial score (nSPS) is 17.4. The molecule has 0 radical (unpaired) electrons. The van der Waals surface area contributed by atoms with Gasteiger partial charge in [0, 0.05) is 13.1 Å². The predicted molar refractivity (Wildman–Crippen MR) is 121 cm³/mol. The molecule has 166 valence electrons. The Labute approximate surface area is 187 Å². The van der Waals surface area contributed by atoms with Crippen molar-refractivity contribution in [3.05, 3.63) is 101 Å². The van der Waals surface area contributed by atoms with Crippen LogP contribution in [0, 0.1) is 5.82 Å². The number of hydrogen-bond acceptors (Lipinski definition) is 3.